The van der Waals surface area contributed by atoms with Gasteiger partial charge in [0, 0.05) is 24.0 Å². The van der Waals surface area contributed by atoms with Gasteiger partial charge in [-0.05, 0) is 31.5 Å². The molecule has 2 unspecified atom stereocenters. The number of fused-ring (bicyclic) bond motifs is 1. The first-order valence-corrected chi connectivity index (χ1v) is 9.30. The Hall–Kier alpha value is -2.18. The van der Waals surface area contributed by atoms with Crippen molar-refractivity contribution in [2.24, 2.45) is 0 Å². The third-order valence-electron chi connectivity index (χ3n) is 4.47. The zero-order valence-corrected chi connectivity index (χ0v) is 15.4. The quantitative estimate of drug-likeness (QED) is 0.711. The third kappa shape index (κ3) is 3.07. The summed E-state index contributed by atoms with van der Waals surface area (Å²) in [5, 5.41) is 3.29. The zero-order valence-electron chi connectivity index (χ0n) is 14.6. The van der Waals surface area contributed by atoms with E-state index in [4.69, 9.17) is 9.47 Å². The lowest BCUT2D eigenvalue weighted by molar-refractivity contribution is -0.00537. The standard InChI is InChI=1S/C19H21N3O2S/c1-12-8-22(9-13(2)24-12)18-17-16(10-25-19(17)21-11-20-18)14-4-6-15(23-3)7-5-14/h4-7,10-13H,8-9H2,1-3H3. The molecule has 130 valence electrons. The first kappa shape index (κ1) is 16.3. The molecule has 3 heterocycles. The molecule has 0 aliphatic carbocycles. The van der Waals surface area contributed by atoms with Crippen LogP contribution in [-0.4, -0.2) is 42.4 Å². The number of benzene rings is 1. The van der Waals surface area contributed by atoms with Crippen molar-refractivity contribution >= 4 is 27.4 Å². The summed E-state index contributed by atoms with van der Waals surface area (Å²) in [5.41, 5.74) is 2.32. The maximum Gasteiger partial charge on any atom is 0.141 e. The van der Waals surface area contributed by atoms with E-state index >= 15 is 0 Å². The van der Waals surface area contributed by atoms with E-state index in [2.05, 4.69) is 46.2 Å². The molecule has 1 aliphatic heterocycles. The number of thiophene rings is 1. The molecule has 1 aliphatic rings. The summed E-state index contributed by atoms with van der Waals surface area (Å²) in [6.07, 6.45) is 2.05. The first-order valence-electron chi connectivity index (χ1n) is 8.42. The highest BCUT2D eigenvalue weighted by atomic mass is 32.1. The van der Waals surface area contributed by atoms with Crippen molar-refractivity contribution in [2.45, 2.75) is 26.1 Å². The second-order valence-corrected chi connectivity index (χ2v) is 7.28. The smallest absolute Gasteiger partial charge is 0.141 e. The Bertz CT molecular complexity index is 868. The van der Waals surface area contributed by atoms with Crippen molar-refractivity contribution in [3.8, 4) is 16.9 Å². The van der Waals surface area contributed by atoms with Gasteiger partial charge in [-0.25, -0.2) is 9.97 Å². The molecule has 0 radical (unpaired) electrons. The van der Waals surface area contributed by atoms with Crippen molar-refractivity contribution < 1.29 is 9.47 Å². The molecule has 0 amide bonds. The second-order valence-electron chi connectivity index (χ2n) is 6.42. The molecule has 25 heavy (non-hydrogen) atoms. The molecule has 0 bridgehead atoms. The van der Waals surface area contributed by atoms with Crippen LogP contribution in [-0.2, 0) is 4.74 Å². The van der Waals surface area contributed by atoms with Gasteiger partial charge >= 0.3 is 0 Å². The minimum absolute atomic E-state index is 0.192. The van der Waals surface area contributed by atoms with Crippen molar-refractivity contribution in [3.05, 3.63) is 36.0 Å². The summed E-state index contributed by atoms with van der Waals surface area (Å²) < 4.78 is 11.1. The molecule has 0 saturated carbocycles. The van der Waals surface area contributed by atoms with Gasteiger partial charge in [0.1, 0.15) is 22.7 Å². The molecule has 6 heteroatoms. The van der Waals surface area contributed by atoms with Crippen LogP contribution in [0.15, 0.2) is 36.0 Å². The maximum absolute atomic E-state index is 5.88. The number of hydrogen-bond acceptors (Lipinski definition) is 6. The third-order valence-corrected chi connectivity index (χ3v) is 5.36. The van der Waals surface area contributed by atoms with E-state index in [1.54, 1.807) is 24.8 Å². The van der Waals surface area contributed by atoms with E-state index in [-0.39, 0.29) is 12.2 Å². The molecule has 3 aromatic rings. The monoisotopic (exact) mass is 355 g/mol. The SMILES string of the molecule is COc1ccc(-c2csc3ncnc(N4CC(C)OC(C)C4)c23)cc1. The molecule has 2 atom stereocenters. The topological polar surface area (TPSA) is 47.5 Å². The summed E-state index contributed by atoms with van der Waals surface area (Å²) in [4.78, 5) is 12.5. The van der Waals surface area contributed by atoms with E-state index in [1.807, 2.05) is 12.1 Å². The van der Waals surface area contributed by atoms with Gasteiger partial charge < -0.3 is 14.4 Å². The molecule has 1 aromatic carbocycles. The number of ether oxygens (including phenoxy) is 2. The Kier molecular flexibility index (Phi) is 4.31. The average molecular weight is 355 g/mol. The van der Waals surface area contributed by atoms with Crippen molar-refractivity contribution in [1.29, 1.82) is 0 Å². The molecular formula is C19H21N3O2S. The Balaban J connectivity index is 1.81. The summed E-state index contributed by atoms with van der Waals surface area (Å²) in [6, 6.07) is 8.14. The zero-order chi connectivity index (χ0) is 17.4. The van der Waals surface area contributed by atoms with Crippen LogP contribution in [0, 0.1) is 0 Å². The van der Waals surface area contributed by atoms with E-state index < -0.39 is 0 Å². The predicted molar refractivity (Wildman–Crippen MR) is 102 cm³/mol. The number of nitrogens with zero attached hydrogens (tertiary/aromatic N) is 3. The number of morpholine rings is 1. The number of anilines is 1. The molecule has 1 saturated heterocycles. The van der Waals surface area contributed by atoms with E-state index in [9.17, 15) is 0 Å². The van der Waals surface area contributed by atoms with Crippen LogP contribution in [0.5, 0.6) is 5.75 Å². The largest absolute Gasteiger partial charge is 0.497 e. The molecular weight excluding hydrogens is 334 g/mol. The Morgan fingerprint density at radius 2 is 1.84 bits per heavy atom. The van der Waals surface area contributed by atoms with Gasteiger partial charge in [0.15, 0.2) is 0 Å². The van der Waals surface area contributed by atoms with Crippen molar-refractivity contribution in [3.63, 3.8) is 0 Å². The lowest BCUT2D eigenvalue weighted by Gasteiger charge is -2.36. The number of hydrogen-bond donors (Lipinski definition) is 0. The summed E-state index contributed by atoms with van der Waals surface area (Å²) in [5.74, 6) is 1.86. The van der Waals surface area contributed by atoms with E-state index in [1.165, 1.54) is 5.56 Å². The van der Waals surface area contributed by atoms with Crippen LogP contribution in [0.4, 0.5) is 5.82 Å². The number of methoxy groups -OCH3 is 1. The fourth-order valence-electron chi connectivity index (χ4n) is 3.43. The van der Waals surface area contributed by atoms with Crippen molar-refractivity contribution in [1.82, 2.24) is 9.97 Å². The second kappa shape index (κ2) is 6.61. The minimum Gasteiger partial charge on any atom is -0.497 e. The normalized spacial score (nSPS) is 20.8. The Morgan fingerprint density at radius 3 is 2.52 bits per heavy atom. The Morgan fingerprint density at radius 1 is 1.12 bits per heavy atom. The average Bonchev–Trinajstić information content (AvgIpc) is 3.05. The van der Waals surface area contributed by atoms with Gasteiger partial charge in [0.05, 0.1) is 24.7 Å². The maximum atomic E-state index is 5.88. The summed E-state index contributed by atoms with van der Waals surface area (Å²) >= 11 is 1.66. The highest BCUT2D eigenvalue weighted by Crippen LogP contribution is 2.38. The van der Waals surface area contributed by atoms with Gasteiger partial charge in [-0.3, -0.25) is 0 Å². The fraction of sp³-hybridized carbons (Fsp3) is 0.368. The Labute approximate surface area is 151 Å². The molecule has 0 spiro atoms. The van der Waals surface area contributed by atoms with Gasteiger partial charge in [0.2, 0.25) is 0 Å². The summed E-state index contributed by atoms with van der Waals surface area (Å²) in [6.45, 7) is 5.90. The number of rotatable bonds is 3. The van der Waals surface area contributed by atoms with Crippen LogP contribution < -0.4 is 9.64 Å². The van der Waals surface area contributed by atoms with Crippen LogP contribution in [0.3, 0.4) is 0 Å². The lowest BCUT2D eigenvalue weighted by atomic mass is 10.1. The van der Waals surface area contributed by atoms with Gasteiger partial charge in [-0.15, -0.1) is 11.3 Å². The van der Waals surface area contributed by atoms with Gasteiger partial charge in [-0.2, -0.15) is 0 Å². The van der Waals surface area contributed by atoms with Crippen LogP contribution in [0.1, 0.15) is 13.8 Å². The van der Waals surface area contributed by atoms with Crippen LogP contribution in [0.2, 0.25) is 0 Å². The van der Waals surface area contributed by atoms with E-state index in [0.717, 1.165) is 40.4 Å². The van der Waals surface area contributed by atoms with Crippen LogP contribution >= 0.6 is 11.3 Å². The molecule has 5 nitrogen and oxygen atoms in total. The molecule has 4 rings (SSSR count). The van der Waals surface area contributed by atoms with Gasteiger partial charge in [0.25, 0.3) is 0 Å². The lowest BCUT2D eigenvalue weighted by Crippen LogP contribution is -2.45. The molecule has 2 aromatic heterocycles. The first-order chi connectivity index (χ1) is 12.2. The van der Waals surface area contributed by atoms with Crippen molar-refractivity contribution in [2.75, 3.05) is 25.1 Å². The number of aromatic nitrogens is 2. The summed E-state index contributed by atoms with van der Waals surface area (Å²) in [7, 11) is 1.68. The molecule has 1 fully saturated rings. The fourth-order valence-corrected chi connectivity index (χ4v) is 4.34. The molecule has 0 N–H and O–H groups in total. The van der Waals surface area contributed by atoms with E-state index in [0.29, 0.717) is 0 Å². The highest BCUT2D eigenvalue weighted by Gasteiger charge is 2.26. The predicted octanol–water partition coefficient (Wildman–Crippen LogP) is 3.98. The highest BCUT2D eigenvalue weighted by molar-refractivity contribution is 7.17. The minimum atomic E-state index is 0.192. The van der Waals surface area contributed by atoms with Crippen LogP contribution in [0.25, 0.3) is 21.3 Å². The van der Waals surface area contributed by atoms with Gasteiger partial charge in [-0.1, -0.05) is 12.1 Å².